The quantitative estimate of drug-likeness (QED) is 0.633. The van der Waals surface area contributed by atoms with Crippen molar-refractivity contribution in [2.24, 2.45) is 5.84 Å². The Morgan fingerprint density at radius 1 is 1.10 bits per heavy atom. The molecule has 0 radical (unpaired) electrons. The Morgan fingerprint density at radius 2 is 1.71 bits per heavy atom. The Kier molecular flexibility index (Phi) is 4.70. The predicted octanol–water partition coefficient (Wildman–Crippen LogP) is 4.33. The first-order valence-corrected chi connectivity index (χ1v) is 7.02. The van der Waals surface area contributed by atoms with Crippen LogP contribution < -0.4 is 11.3 Å². The summed E-state index contributed by atoms with van der Waals surface area (Å²) in [4.78, 5) is 0. The van der Waals surface area contributed by atoms with Crippen LogP contribution in [0.3, 0.4) is 0 Å². The number of hydrazine groups is 1. The van der Waals surface area contributed by atoms with Crippen LogP contribution in [0.5, 0.6) is 0 Å². The Bertz CT molecular complexity index is 624. The van der Waals surface area contributed by atoms with E-state index in [-0.39, 0.29) is 6.04 Å². The summed E-state index contributed by atoms with van der Waals surface area (Å²) in [6.45, 7) is 1.94. The second kappa shape index (κ2) is 6.17. The van der Waals surface area contributed by atoms with Crippen molar-refractivity contribution >= 4 is 15.9 Å². The first kappa shape index (κ1) is 16.0. The third-order valence-corrected chi connectivity index (χ3v) is 4.35. The molecule has 0 heterocycles. The van der Waals surface area contributed by atoms with Crippen LogP contribution in [0.25, 0.3) is 0 Å². The van der Waals surface area contributed by atoms with Crippen molar-refractivity contribution in [3.8, 4) is 0 Å². The van der Waals surface area contributed by atoms with Crippen molar-refractivity contribution < 1.29 is 13.2 Å². The molecule has 3 N–H and O–H groups in total. The van der Waals surface area contributed by atoms with Crippen molar-refractivity contribution in [2.75, 3.05) is 0 Å². The number of nitrogens with one attached hydrogen (secondary N) is 1. The van der Waals surface area contributed by atoms with Gasteiger partial charge in [-0.1, -0.05) is 46.3 Å². The monoisotopic (exact) mass is 358 g/mol. The highest BCUT2D eigenvalue weighted by atomic mass is 79.9. The zero-order valence-electron chi connectivity index (χ0n) is 11.2. The van der Waals surface area contributed by atoms with Gasteiger partial charge < -0.3 is 0 Å². The number of alkyl halides is 3. The minimum atomic E-state index is -4.34. The SMILES string of the molecule is Cc1cccc(C(NN)c2ccc(C(F)(F)F)cc2)c1Br. The van der Waals surface area contributed by atoms with E-state index < -0.39 is 11.7 Å². The van der Waals surface area contributed by atoms with E-state index in [9.17, 15) is 13.2 Å². The van der Waals surface area contributed by atoms with Gasteiger partial charge in [0.2, 0.25) is 0 Å². The Labute approximate surface area is 129 Å². The van der Waals surface area contributed by atoms with Crippen molar-refractivity contribution in [1.29, 1.82) is 0 Å². The molecule has 0 aliphatic heterocycles. The Hall–Kier alpha value is -1.37. The second-order valence-corrected chi connectivity index (χ2v) is 5.49. The minimum absolute atomic E-state index is 0.387. The molecule has 1 unspecified atom stereocenters. The van der Waals surface area contributed by atoms with Gasteiger partial charge in [-0.15, -0.1) is 0 Å². The molecule has 0 bridgehead atoms. The van der Waals surface area contributed by atoms with E-state index in [2.05, 4.69) is 21.4 Å². The molecule has 0 aromatic heterocycles. The first-order valence-electron chi connectivity index (χ1n) is 6.23. The number of nitrogens with two attached hydrogens (primary N) is 1. The summed E-state index contributed by atoms with van der Waals surface area (Å²) in [5, 5.41) is 0. The molecule has 2 aromatic carbocycles. The summed E-state index contributed by atoms with van der Waals surface area (Å²) in [7, 11) is 0. The van der Waals surface area contributed by atoms with E-state index in [0.29, 0.717) is 5.56 Å². The zero-order valence-corrected chi connectivity index (χ0v) is 12.8. The summed E-state index contributed by atoms with van der Waals surface area (Å²) in [6, 6.07) is 10.3. The van der Waals surface area contributed by atoms with E-state index in [1.807, 2.05) is 25.1 Å². The largest absolute Gasteiger partial charge is 0.416 e. The van der Waals surface area contributed by atoms with Gasteiger partial charge >= 0.3 is 6.18 Å². The molecular formula is C15H14BrF3N2. The maximum Gasteiger partial charge on any atom is 0.416 e. The van der Waals surface area contributed by atoms with Crippen molar-refractivity contribution in [2.45, 2.75) is 19.1 Å². The molecule has 0 spiro atoms. The van der Waals surface area contributed by atoms with E-state index in [1.54, 1.807) is 0 Å². The molecule has 112 valence electrons. The van der Waals surface area contributed by atoms with Crippen LogP contribution in [0.4, 0.5) is 13.2 Å². The lowest BCUT2D eigenvalue weighted by Crippen LogP contribution is -2.29. The van der Waals surface area contributed by atoms with Crippen LogP contribution in [-0.2, 0) is 6.18 Å². The molecule has 1 atom stereocenters. The van der Waals surface area contributed by atoms with Crippen molar-refractivity contribution in [3.63, 3.8) is 0 Å². The number of hydrogen-bond acceptors (Lipinski definition) is 2. The van der Waals surface area contributed by atoms with E-state index in [1.165, 1.54) is 12.1 Å². The van der Waals surface area contributed by atoms with Crippen LogP contribution >= 0.6 is 15.9 Å². The molecule has 0 saturated carbocycles. The van der Waals surface area contributed by atoms with E-state index in [4.69, 9.17) is 5.84 Å². The number of aryl methyl sites for hydroxylation is 1. The number of halogens is 4. The lowest BCUT2D eigenvalue weighted by molar-refractivity contribution is -0.137. The molecule has 0 aliphatic carbocycles. The van der Waals surface area contributed by atoms with Gasteiger partial charge in [0, 0.05) is 4.47 Å². The molecule has 2 rings (SSSR count). The molecule has 0 amide bonds. The molecule has 0 fully saturated rings. The lowest BCUT2D eigenvalue weighted by Gasteiger charge is -2.20. The Morgan fingerprint density at radius 3 is 2.24 bits per heavy atom. The zero-order chi connectivity index (χ0) is 15.6. The average molecular weight is 359 g/mol. The molecule has 2 nitrogen and oxygen atoms in total. The van der Waals surface area contributed by atoms with Gasteiger partial charge in [-0.3, -0.25) is 5.84 Å². The number of benzene rings is 2. The van der Waals surface area contributed by atoms with Crippen LogP contribution in [0.1, 0.15) is 28.3 Å². The molecule has 2 aromatic rings. The van der Waals surface area contributed by atoms with Gasteiger partial charge in [-0.2, -0.15) is 13.2 Å². The molecule has 6 heteroatoms. The number of hydrogen-bond donors (Lipinski definition) is 2. The number of rotatable bonds is 3. The van der Waals surface area contributed by atoms with Crippen molar-refractivity contribution in [3.05, 3.63) is 69.2 Å². The van der Waals surface area contributed by atoms with Crippen molar-refractivity contribution in [1.82, 2.24) is 5.43 Å². The smallest absolute Gasteiger partial charge is 0.271 e. The summed E-state index contributed by atoms with van der Waals surface area (Å²) >= 11 is 3.49. The maximum atomic E-state index is 12.6. The van der Waals surface area contributed by atoms with Gasteiger partial charge in [-0.25, -0.2) is 5.43 Å². The van der Waals surface area contributed by atoms with Crippen LogP contribution in [-0.4, -0.2) is 0 Å². The standard InChI is InChI=1S/C15H14BrF3N2/c1-9-3-2-4-12(13(9)16)14(21-20)10-5-7-11(8-6-10)15(17,18)19/h2-8,14,21H,20H2,1H3. The topological polar surface area (TPSA) is 38.0 Å². The van der Waals surface area contributed by atoms with Crippen LogP contribution in [0.2, 0.25) is 0 Å². The van der Waals surface area contributed by atoms with Gasteiger partial charge in [0.1, 0.15) is 0 Å². The highest BCUT2D eigenvalue weighted by Crippen LogP contribution is 2.33. The second-order valence-electron chi connectivity index (χ2n) is 4.70. The predicted molar refractivity (Wildman–Crippen MR) is 79.5 cm³/mol. The van der Waals surface area contributed by atoms with E-state index in [0.717, 1.165) is 27.7 Å². The highest BCUT2D eigenvalue weighted by molar-refractivity contribution is 9.10. The summed E-state index contributed by atoms with van der Waals surface area (Å²) in [5.74, 6) is 5.59. The lowest BCUT2D eigenvalue weighted by atomic mass is 9.97. The van der Waals surface area contributed by atoms with Gasteiger partial charge in [-0.05, 0) is 35.7 Å². The fraction of sp³-hybridized carbons (Fsp3) is 0.200. The third-order valence-electron chi connectivity index (χ3n) is 3.27. The molecule has 0 aliphatic rings. The first-order chi connectivity index (χ1) is 9.84. The summed E-state index contributed by atoms with van der Waals surface area (Å²) < 4.78 is 38.7. The highest BCUT2D eigenvalue weighted by Gasteiger charge is 2.30. The summed E-state index contributed by atoms with van der Waals surface area (Å²) in [5.41, 5.74) is 4.54. The van der Waals surface area contributed by atoms with Gasteiger partial charge in [0.15, 0.2) is 0 Å². The maximum absolute atomic E-state index is 12.6. The Balaban J connectivity index is 2.40. The molecule has 0 saturated heterocycles. The molecule has 21 heavy (non-hydrogen) atoms. The van der Waals surface area contributed by atoms with Gasteiger partial charge in [0.25, 0.3) is 0 Å². The fourth-order valence-electron chi connectivity index (χ4n) is 2.12. The third kappa shape index (κ3) is 3.45. The normalized spacial score (nSPS) is 13.2. The van der Waals surface area contributed by atoms with E-state index >= 15 is 0 Å². The van der Waals surface area contributed by atoms with Crippen LogP contribution in [0, 0.1) is 6.92 Å². The fourth-order valence-corrected chi connectivity index (χ4v) is 2.62. The van der Waals surface area contributed by atoms with Gasteiger partial charge in [0.05, 0.1) is 11.6 Å². The molecular weight excluding hydrogens is 345 g/mol. The average Bonchev–Trinajstić information content (AvgIpc) is 2.44. The minimum Gasteiger partial charge on any atom is -0.271 e. The van der Waals surface area contributed by atoms with Crippen LogP contribution in [0.15, 0.2) is 46.9 Å². The summed E-state index contributed by atoms with van der Waals surface area (Å²) in [6.07, 6.45) is -4.34.